The molecule has 198 valence electrons. The van der Waals surface area contributed by atoms with Gasteiger partial charge in [-0.05, 0) is 35.4 Å². The van der Waals surface area contributed by atoms with Gasteiger partial charge in [-0.3, -0.25) is 0 Å². The van der Waals surface area contributed by atoms with E-state index in [-0.39, 0.29) is 0 Å². The first-order valence-corrected chi connectivity index (χ1v) is 18.3. The van der Waals surface area contributed by atoms with Crippen LogP contribution in [0, 0.1) is 0 Å². The van der Waals surface area contributed by atoms with Crippen molar-refractivity contribution in [3.63, 3.8) is 0 Å². The molecule has 6 heterocycles. The van der Waals surface area contributed by atoms with Gasteiger partial charge in [-0.25, -0.2) is 9.97 Å². The Hall–Kier alpha value is -3.50. The molecule has 0 radical (unpaired) electrons. The number of nitrogens with zero attached hydrogens (tertiary/aromatic N) is 2. The summed E-state index contributed by atoms with van der Waals surface area (Å²) in [5.41, 5.74) is 2.44. The van der Waals surface area contributed by atoms with Gasteiger partial charge in [0.2, 0.25) is 0 Å². The number of hydrogen-bond acceptors (Lipinski definition) is 8. The quantitative estimate of drug-likeness (QED) is 0.191. The Labute approximate surface area is 263 Å². The van der Waals surface area contributed by atoms with E-state index in [9.17, 15) is 0 Å². The van der Waals surface area contributed by atoms with E-state index in [0.29, 0.717) is 0 Å². The van der Waals surface area contributed by atoms with Gasteiger partial charge in [-0.1, -0.05) is 60.7 Å². The molecule has 2 nitrogen and oxygen atoms in total. The van der Waals surface area contributed by atoms with Gasteiger partial charge in [0.15, 0.2) is 10.0 Å². The Morgan fingerprint density at radius 2 is 0.786 bits per heavy atom. The summed E-state index contributed by atoms with van der Waals surface area (Å²) in [6.45, 7) is 0. The highest BCUT2D eigenvalue weighted by Crippen LogP contribution is 2.47. The zero-order valence-electron chi connectivity index (χ0n) is 21.6. The fraction of sp³-hybridized carbons (Fsp3) is 0. The second-order valence-corrected chi connectivity index (χ2v) is 16.5. The van der Waals surface area contributed by atoms with E-state index in [1.807, 2.05) is 57.7 Å². The van der Waals surface area contributed by atoms with Crippen molar-refractivity contribution in [2.24, 2.45) is 0 Å². The molecule has 0 amide bonds. The average Bonchev–Trinajstić information content (AvgIpc) is 3.86. The highest BCUT2D eigenvalue weighted by atomic mass is 32.1. The van der Waals surface area contributed by atoms with Gasteiger partial charge >= 0.3 is 0 Å². The molecule has 0 fully saturated rings. The number of thiazole rings is 2. The van der Waals surface area contributed by atoms with Crippen LogP contribution >= 0.6 is 68.0 Å². The molecule has 42 heavy (non-hydrogen) atoms. The molecule has 6 aromatic heterocycles. The summed E-state index contributed by atoms with van der Waals surface area (Å²) in [6, 6.07) is 31.2. The fourth-order valence-corrected chi connectivity index (χ4v) is 13.0. The maximum absolute atomic E-state index is 4.80. The molecule has 4 aromatic carbocycles. The molecular weight excluding hydrogens is 629 g/mol. The second kappa shape index (κ2) is 9.00. The summed E-state index contributed by atoms with van der Waals surface area (Å²) >= 11 is 11.0. The second-order valence-electron chi connectivity index (χ2n) is 10.2. The Balaban J connectivity index is 0.987. The molecule has 0 spiro atoms. The average molecular weight is 645 g/mol. The smallest absolute Gasteiger partial charge is 0.152 e. The summed E-state index contributed by atoms with van der Waals surface area (Å²) in [7, 11) is 0. The van der Waals surface area contributed by atoms with Crippen LogP contribution in [-0.2, 0) is 0 Å². The van der Waals surface area contributed by atoms with Crippen molar-refractivity contribution in [2.45, 2.75) is 0 Å². The maximum Gasteiger partial charge on any atom is 0.152 e. The molecule has 0 N–H and O–H groups in total. The minimum Gasteiger partial charge on any atom is -0.241 e. The molecule has 0 aliphatic carbocycles. The van der Waals surface area contributed by atoms with Gasteiger partial charge < -0.3 is 0 Å². The highest BCUT2D eigenvalue weighted by Gasteiger charge is 2.17. The van der Waals surface area contributed by atoms with Crippen LogP contribution in [0.1, 0.15) is 0 Å². The first kappa shape index (κ1) is 24.0. The van der Waals surface area contributed by atoms with Crippen molar-refractivity contribution < 1.29 is 0 Å². The summed E-state index contributed by atoms with van der Waals surface area (Å²) in [6.07, 6.45) is 4.00. The van der Waals surface area contributed by atoms with E-state index >= 15 is 0 Å². The van der Waals surface area contributed by atoms with Crippen molar-refractivity contribution in [3.8, 4) is 30.9 Å². The van der Waals surface area contributed by atoms with Crippen LogP contribution < -0.4 is 0 Å². The SMILES string of the molecule is c1ccc2c(c1)sc1c3ccc(-c4cnc(-c5ncc(-c6ccc7c(c6)sc6c8ccccc8sc76)s5)s4)cc3sc21. The Bertz CT molecular complexity index is 2470. The van der Waals surface area contributed by atoms with Crippen molar-refractivity contribution in [2.75, 3.05) is 0 Å². The predicted octanol–water partition coefficient (Wildman–Crippen LogP) is 12.8. The molecule has 0 bridgehead atoms. The fourth-order valence-electron chi connectivity index (χ4n) is 5.73. The number of fused-ring (bicyclic) bond motifs is 10. The van der Waals surface area contributed by atoms with E-state index in [1.54, 1.807) is 22.7 Å². The molecule has 0 atom stereocenters. The first-order valence-electron chi connectivity index (χ1n) is 13.4. The predicted molar refractivity (Wildman–Crippen MR) is 191 cm³/mol. The van der Waals surface area contributed by atoms with Gasteiger partial charge in [-0.2, -0.15) is 0 Å². The lowest BCUT2D eigenvalue weighted by atomic mass is 10.1. The van der Waals surface area contributed by atoms with E-state index in [2.05, 4.69) is 84.9 Å². The van der Waals surface area contributed by atoms with E-state index in [1.165, 1.54) is 80.0 Å². The summed E-state index contributed by atoms with van der Waals surface area (Å²) in [5.74, 6) is 0. The molecule has 0 unspecified atom stereocenters. The van der Waals surface area contributed by atoms with Gasteiger partial charge in [0, 0.05) is 52.7 Å². The number of aromatic nitrogens is 2. The molecule has 0 saturated heterocycles. The zero-order chi connectivity index (χ0) is 27.4. The van der Waals surface area contributed by atoms with Gasteiger partial charge in [0.05, 0.1) is 28.6 Å². The minimum atomic E-state index is 0.976. The molecule has 0 aliphatic heterocycles. The molecule has 10 aromatic rings. The van der Waals surface area contributed by atoms with E-state index in [0.717, 1.165) is 10.0 Å². The van der Waals surface area contributed by atoms with Crippen LogP contribution in [0.25, 0.3) is 90.0 Å². The topological polar surface area (TPSA) is 25.8 Å². The summed E-state index contributed by atoms with van der Waals surface area (Å²) in [5, 5.41) is 7.39. The first-order chi connectivity index (χ1) is 20.8. The lowest BCUT2D eigenvalue weighted by Crippen LogP contribution is -1.71. The normalized spacial score (nSPS) is 12.3. The molecule has 8 heteroatoms. The number of benzene rings is 4. The number of rotatable bonds is 3. The third-order valence-electron chi connectivity index (χ3n) is 7.74. The lowest BCUT2D eigenvalue weighted by Gasteiger charge is -1.97. The van der Waals surface area contributed by atoms with Crippen LogP contribution in [-0.4, -0.2) is 9.97 Å². The number of thiophene rings is 4. The van der Waals surface area contributed by atoms with Crippen LogP contribution in [0.2, 0.25) is 0 Å². The minimum absolute atomic E-state index is 0.976. The van der Waals surface area contributed by atoms with Crippen molar-refractivity contribution >= 4 is 127 Å². The van der Waals surface area contributed by atoms with Crippen molar-refractivity contribution in [1.82, 2.24) is 9.97 Å². The van der Waals surface area contributed by atoms with Crippen molar-refractivity contribution in [3.05, 3.63) is 97.3 Å². The summed E-state index contributed by atoms with van der Waals surface area (Å²) in [4.78, 5) is 12.0. The third-order valence-corrected chi connectivity index (χ3v) is 15.0. The maximum atomic E-state index is 4.80. The van der Waals surface area contributed by atoms with Crippen LogP contribution in [0.4, 0.5) is 0 Å². The standard InChI is InChI=1S/C34H16N2S6/c1-3-7-23-19(5-1)29-31(37-23)21-11-9-17(13-25(21)39-29)27-15-35-33(41-27)34-36-16-28(42-34)18-10-12-22-26(14-18)40-30-20-6-2-4-8-24(20)38-32(22)30/h1-16H. The highest BCUT2D eigenvalue weighted by molar-refractivity contribution is 7.37. The molecular formula is C34H16N2S6. The zero-order valence-corrected chi connectivity index (χ0v) is 26.5. The summed E-state index contributed by atoms with van der Waals surface area (Å²) < 4.78 is 11.0. The molecule has 10 rings (SSSR count). The van der Waals surface area contributed by atoms with Crippen molar-refractivity contribution in [1.29, 1.82) is 0 Å². The monoisotopic (exact) mass is 644 g/mol. The van der Waals surface area contributed by atoms with Gasteiger partial charge in [0.1, 0.15) is 0 Å². The third kappa shape index (κ3) is 3.51. The Kier molecular flexibility index (Phi) is 5.14. The van der Waals surface area contributed by atoms with E-state index in [4.69, 9.17) is 9.97 Å². The molecule has 0 aliphatic rings. The Morgan fingerprint density at radius 1 is 0.381 bits per heavy atom. The van der Waals surface area contributed by atoms with Gasteiger partial charge in [-0.15, -0.1) is 68.0 Å². The lowest BCUT2D eigenvalue weighted by molar-refractivity contribution is 1.35. The van der Waals surface area contributed by atoms with Crippen LogP contribution in [0.5, 0.6) is 0 Å². The Morgan fingerprint density at radius 3 is 1.26 bits per heavy atom. The number of hydrogen-bond donors (Lipinski definition) is 0. The van der Waals surface area contributed by atoms with Gasteiger partial charge in [0.25, 0.3) is 0 Å². The van der Waals surface area contributed by atoms with Crippen LogP contribution in [0.15, 0.2) is 97.3 Å². The van der Waals surface area contributed by atoms with Crippen LogP contribution in [0.3, 0.4) is 0 Å². The van der Waals surface area contributed by atoms with E-state index < -0.39 is 0 Å². The largest absolute Gasteiger partial charge is 0.241 e. The molecule has 0 saturated carbocycles.